The molecular formula is C23H24FN5O2S. The first-order chi connectivity index (χ1) is 15.3. The van der Waals surface area contributed by atoms with Crippen LogP contribution in [0.15, 0.2) is 52.4 Å². The molecule has 0 atom stereocenters. The minimum Gasteiger partial charge on any atom is -0.351 e. The second kappa shape index (κ2) is 9.12. The van der Waals surface area contributed by atoms with Gasteiger partial charge < -0.3 is 5.32 Å². The van der Waals surface area contributed by atoms with Gasteiger partial charge in [0.2, 0.25) is 11.7 Å². The second-order valence-corrected chi connectivity index (χ2v) is 9.08. The van der Waals surface area contributed by atoms with E-state index in [1.807, 2.05) is 45.0 Å². The van der Waals surface area contributed by atoms with Gasteiger partial charge >= 0.3 is 0 Å². The molecular weight excluding hydrogens is 429 g/mol. The largest absolute Gasteiger partial charge is 0.351 e. The van der Waals surface area contributed by atoms with Gasteiger partial charge in [0.25, 0.3) is 5.56 Å². The molecule has 0 aliphatic heterocycles. The number of rotatable bonds is 7. The van der Waals surface area contributed by atoms with Crippen LogP contribution in [0.25, 0.3) is 16.7 Å². The summed E-state index contributed by atoms with van der Waals surface area (Å²) in [6, 6.07) is 12.0. The van der Waals surface area contributed by atoms with Crippen LogP contribution in [-0.2, 0) is 17.9 Å². The number of nitrogens with one attached hydrogen (secondary N) is 1. The van der Waals surface area contributed by atoms with Crippen LogP contribution < -0.4 is 10.9 Å². The van der Waals surface area contributed by atoms with Crippen molar-refractivity contribution in [1.29, 1.82) is 0 Å². The number of hydrogen-bond acceptors (Lipinski definition) is 5. The molecule has 0 spiro atoms. The Morgan fingerprint density at radius 3 is 2.62 bits per heavy atom. The summed E-state index contributed by atoms with van der Waals surface area (Å²) < 4.78 is 17.1. The molecule has 7 nitrogen and oxygen atoms in total. The van der Waals surface area contributed by atoms with Crippen LogP contribution >= 0.6 is 11.8 Å². The van der Waals surface area contributed by atoms with Gasteiger partial charge in [-0.1, -0.05) is 55.4 Å². The molecule has 0 radical (unpaired) electrons. The zero-order chi connectivity index (χ0) is 22.8. The number of aromatic nitrogens is 4. The molecule has 2 aromatic heterocycles. The van der Waals surface area contributed by atoms with Gasteiger partial charge in [0.05, 0.1) is 16.7 Å². The third-order valence-corrected chi connectivity index (χ3v) is 5.95. The van der Waals surface area contributed by atoms with Crippen molar-refractivity contribution in [1.82, 2.24) is 24.5 Å². The van der Waals surface area contributed by atoms with E-state index < -0.39 is 5.82 Å². The topological polar surface area (TPSA) is 81.3 Å². The summed E-state index contributed by atoms with van der Waals surface area (Å²) >= 11 is 1.22. The molecule has 4 aromatic rings. The van der Waals surface area contributed by atoms with Crippen LogP contribution in [-0.4, -0.2) is 30.8 Å². The zero-order valence-electron chi connectivity index (χ0n) is 18.1. The van der Waals surface area contributed by atoms with Crippen molar-refractivity contribution >= 4 is 34.3 Å². The van der Waals surface area contributed by atoms with Gasteiger partial charge in [0, 0.05) is 13.1 Å². The maximum absolute atomic E-state index is 13.9. The highest BCUT2D eigenvalue weighted by Crippen LogP contribution is 2.22. The van der Waals surface area contributed by atoms with Crippen molar-refractivity contribution in [2.75, 3.05) is 5.75 Å². The van der Waals surface area contributed by atoms with Gasteiger partial charge in [-0.2, -0.15) is 0 Å². The van der Waals surface area contributed by atoms with Gasteiger partial charge in [0.1, 0.15) is 5.82 Å². The van der Waals surface area contributed by atoms with E-state index in [1.54, 1.807) is 10.5 Å². The van der Waals surface area contributed by atoms with Crippen molar-refractivity contribution in [3.63, 3.8) is 0 Å². The molecule has 0 saturated carbocycles. The molecule has 2 heterocycles. The van der Waals surface area contributed by atoms with Gasteiger partial charge in [-0.3, -0.25) is 18.6 Å². The SMILES string of the molecule is Cc1ccc(CNC(=O)CSc2nnc3n(CC(C)C)c(=O)c4cc(F)ccc4n23)cc1. The molecule has 1 N–H and O–H groups in total. The Morgan fingerprint density at radius 2 is 1.91 bits per heavy atom. The Bertz CT molecular complexity index is 1340. The minimum absolute atomic E-state index is 0.138. The fraction of sp³-hybridized carbons (Fsp3) is 0.304. The molecule has 9 heteroatoms. The van der Waals surface area contributed by atoms with Gasteiger partial charge in [0.15, 0.2) is 5.16 Å². The first-order valence-corrected chi connectivity index (χ1v) is 11.3. The molecule has 0 saturated heterocycles. The lowest BCUT2D eigenvalue weighted by Gasteiger charge is -2.13. The molecule has 0 aliphatic carbocycles. The Balaban J connectivity index is 1.61. The average molecular weight is 454 g/mol. The summed E-state index contributed by atoms with van der Waals surface area (Å²) in [5.41, 5.74) is 2.39. The van der Waals surface area contributed by atoms with Crippen molar-refractivity contribution in [2.24, 2.45) is 5.92 Å². The summed E-state index contributed by atoms with van der Waals surface area (Å²) in [5, 5.41) is 12.1. The van der Waals surface area contributed by atoms with Gasteiger partial charge in [-0.25, -0.2) is 4.39 Å². The third-order valence-electron chi connectivity index (χ3n) is 5.02. The van der Waals surface area contributed by atoms with Crippen LogP contribution in [0.1, 0.15) is 25.0 Å². The molecule has 32 heavy (non-hydrogen) atoms. The predicted octanol–water partition coefficient (Wildman–Crippen LogP) is 3.56. The van der Waals surface area contributed by atoms with Crippen molar-refractivity contribution in [3.05, 3.63) is 69.8 Å². The number of hydrogen-bond donors (Lipinski definition) is 1. The molecule has 0 aliphatic rings. The molecule has 0 unspecified atom stereocenters. The Morgan fingerprint density at radius 1 is 1.16 bits per heavy atom. The molecule has 2 aromatic carbocycles. The number of halogens is 1. The highest BCUT2D eigenvalue weighted by Gasteiger charge is 2.18. The maximum Gasteiger partial charge on any atom is 0.262 e. The van der Waals surface area contributed by atoms with E-state index in [0.29, 0.717) is 29.5 Å². The highest BCUT2D eigenvalue weighted by atomic mass is 32.2. The lowest BCUT2D eigenvalue weighted by molar-refractivity contribution is -0.118. The zero-order valence-corrected chi connectivity index (χ0v) is 18.9. The number of thioether (sulfide) groups is 1. The maximum atomic E-state index is 13.9. The summed E-state index contributed by atoms with van der Waals surface area (Å²) in [6.07, 6.45) is 0. The lowest BCUT2D eigenvalue weighted by Crippen LogP contribution is -2.26. The quantitative estimate of drug-likeness (QED) is 0.433. The van der Waals surface area contributed by atoms with Gasteiger partial charge in [-0.15, -0.1) is 10.2 Å². The van der Waals surface area contributed by atoms with E-state index in [0.717, 1.165) is 11.1 Å². The number of carbonyl (C=O) groups excluding carboxylic acids is 1. The van der Waals surface area contributed by atoms with E-state index in [-0.39, 0.29) is 28.5 Å². The second-order valence-electron chi connectivity index (χ2n) is 8.14. The summed E-state index contributed by atoms with van der Waals surface area (Å²) in [6.45, 7) is 6.86. The first-order valence-electron chi connectivity index (χ1n) is 10.4. The van der Waals surface area contributed by atoms with E-state index in [1.165, 1.54) is 28.5 Å². The van der Waals surface area contributed by atoms with Crippen LogP contribution in [0.4, 0.5) is 4.39 Å². The lowest BCUT2D eigenvalue weighted by atomic mass is 10.1. The number of benzene rings is 2. The van der Waals surface area contributed by atoms with Crippen LogP contribution in [0.5, 0.6) is 0 Å². The van der Waals surface area contributed by atoms with Crippen LogP contribution in [0, 0.1) is 18.7 Å². The summed E-state index contributed by atoms with van der Waals surface area (Å²) in [7, 11) is 0. The third kappa shape index (κ3) is 4.52. The fourth-order valence-electron chi connectivity index (χ4n) is 3.47. The number of fused-ring (bicyclic) bond motifs is 3. The number of nitrogens with zero attached hydrogens (tertiary/aromatic N) is 4. The smallest absolute Gasteiger partial charge is 0.262 e. The van der Waals surface area contributed by atoms with Crippen LogP contribution in [0.3, 0.4) is 0 Å². The van der Waals surface area contributed by atoms with Crippen molar-refractivity contribution in [3.8, 4) is 0 Å². The first kappa shape index (κ1) is 22.0. The van der Waals surface area contributed by atoms with Crippen molar-refractivity contribution < 1.29 is 9.18 Å². The van der Waals surface area contributed by atoms with E-state index in [9.17, 15) is 14.0 Å². The summed E-state index contributed by atoms with van der Waals surface area (Å²) in [5.74, 6) is 0.0766. The van der Waals surface area contributed by atoms with E-state index in [2.05, 4.69) is 15.5 Å². The predicted molar refractivity (Wildman–Crippen MR) is 123 cm³/mol. The minimum atomic E-state index is -0.484. The number of aryl methyl sites for hydroxylation is 1. The average Bonchev–Trinajstić information content (AvgIpc) is 3.18. The summed E-state index contributed by atoms with van der Waals surface area (Å²) in [4.78, 5) is 25.4. The normalized spacial score (nSPS) is 11.5. The Hall–Kier alpha value is -3.20. The number of carbonyl (C=O) groups is 1. The molecule has 1 amide bonds. The Kier molecular flexibility index (Phi) is 6.27. The monoisotopic (exact) mass is 453 g/mol. The number of amides is 1. The standard InChI is InChI=1S/C23H24FN5O2S/c1-14(2)12-28-21(31)18-10-17(24)8-9-19(18)29-22(28)26-27-23(29)32-13-20(30)25-11-16-6-4-15(3)5-7-16/h4-10,14H,11-13H2,1-3H3,(H,25,30). The molecule has 166 valence electrons. The van der Waals surface area contributed by atoms with Crippen LogP contribution in [0.2, 0.25) is 0 Å². The molecule has 0 bridgehead atoms. The van der Waals surface area contributed by atoms with Crippen molar-refractivity contribution in [2.45, 2.75) is 39.0 Å². The molecule has 0 fully saturated rings. The highest BCUT2D eigenvalue weighted by molar-refractivity contribution is 7.99. The van der Waals surface area contributed by atoms with Gasteiger partial charge in [-0.05, 0) is 36.6 Å². The molecule has 4 rings (SSSR count). The Labute approximate surface area is 188 Å². The van der Waals surface area contributed by atoms with E-state index >= 15 is 0 Å². The van der Waals surface area contributed by atoms with E-state index in [4.69, 9.17) is 0 Å². The fourth-order valence-corrected chi connectivity index (χ4v) is 4.24.